The number of fused-ring (bicyclic) bond motifs is 1. The van der Waals surface area contributed by atoms with Gasteiger partial charge in [0, 0.05) is 26.2 Å². The van der Waals surface area contributed by atoms with Gasteiger partial charge in [-0.25, -0.2) is 9.97 Å². The first kappa shape index (κ1) is 14.9. The van der Waals surface area contributed by atoms with Crippen molar-refractivity contribution in [1.29, 1.82) is 0 Å². The van der Waals surface area contributed by atoms with Crippen LogP contribution in [0.25, 0.3) is 0 Å². The van der Waals surface area contributed by atoms with Gasteiger partial charge in [-0.05, 0) is 38.7 Å². The van der Waals surface area contributed by atoms with E-state index in [-0.39, 0.29) is 23.4 Å². The van der Waals surface area contributed by atoms with E-state index in [1.54, 1.807) is 19.2 Å². The lowest BCUT2D eigenvalue weighted by atomic mass is 9.76. The van der Waals surface area contributed by atoms with Crippen LogP contribution >= 0.6 is 0 Å². The van der Waals surface area contributed by atoms with Crippen LogP contribution in [0.5, 0.6) is 0 Å². The number of nitrogens with zero attached hydrogens (tertiary/aromatic N) is 4. The summed E-state index contributed by atoms with van der Waals surface area (Å²) >= 11 is 0. The Morgan fingerprint density at radius 2 is 2.14 bits per heavy atom. The molecule has 2 atom stereocenters. The SMILES string of the molecule is CC(=O)N1CCC[C@H]2N(C(=O)c3ccncn3)CCC[C@@]21C. The number of rotatable bonds is 1. The van der Waals surface area contributed by atoms with Crippen LogP contribution in [-0.4, -0.2) is 56.3 Å². The fraction of sp³-hybridized carbons (Fsp3) is 0.625. The Kier molecular flexibility index (Phi) is 3.85. The highest BCUT2D eigenvalue weighted by molar-refractivity contribution is 5.92. The molecule has 3 rings (SSSR count). The van der Waals surface area contributed by atoms with Gasteiger partial charge in [0.2, 0.25) is 5.91 Å². The summed E-state index contributed by atoms with van der Waals surface area (Å²) in [6, 6.07) is 1.72. The molecule has 2 fully saturated rings. The second kappa shape index (κ2) is 5.66. The second-order valence-corrected chi connectivity index (χ2v) is 6.38. The summed E-state index contributed by atoms with van der Waals surface area (Å²) in [5, 5.41) is 0. The number of likely N-dealkylation sites (tertiary alicyclic amines) is 2. The van der Waals surface area contributed by atoms with Crippen molar-refractivity contribution in [3.63, 3.8) is 0 Å². The van der Waals surface area contributed by atoms with Gasteiger partial charge in [-0.3, -0.25) is 9.59 Å². The quantitative estimate of drug-likeness (QED) is 0.788. The van der Waals surface area contributed by atoms with Gasteiger partial charge >= 0.3 is 0 Å². The van der Waals surface area contributed by atoms with Crippen molar-refractivity contribution < 1.29 is 9.59 Å². The minimum atomic E-state index is -0.259. The Labute approximate surface area is 130 Å². The molecule has 2 amide bonds. The van der Waals surface area contributed by atoms with E-state index >= 15 is 0 Å². The molecule has 22 heavy (non-hydrogen) atoms. The minimum Gasteiger partial charge on any atom is -0.335 e. The molecule has 1 aromatic rings. The Morgan fingerprint density at radius 1 is 1.32 bits per heavy atom. The monoisotopic (exact) mass is 302 g/mol. The average molecular weight is 302 g/mol. The largest absolute Gasteiger partial charge is 0.335 e. The van der Waals surface area contributed by atoms with Gasteiger partial charge in [0.15, 0.2) is 0 Å². The summed E-state index contributed by atoms with van der Waals surface area (Å²) in [7, 11) is 0. The highest BCUT2D eigenvalue weighted by Crippen LogP contribution is 2.39. The van der Waals surface area contributed by atoms with Crippen molar-refractivity contribution in [2.75, 3.05) is 13.1 Å². The molecule has 3 heterocycles. The van der Waals surface area contributed by atoms with E-state index in [0.717, 1.165) is 38.8 Å². The number of amides is 2. The van der Waals surface area contributed by atoms with E-state index in [1.165, 1.54) is 6.33 Å². The Bertz CT molecular complexity index is 577. The summed E-state index contributed by atoms with van der Waals surface area (Å²) in [5.41, 5.74) is 0.171. The van der Waals surface area contributed by atoms with Crippen molar-refractivity contribution in [2.45, 2.75) is 51.1 Å². The Hall–Kier alpha value is -1.98. The van der Waals surface area contributed by atoms with Crippen LogP contribution in [-0.2, 0) is 4.79 Å². The molecule has 0 aliphatic carbocycles. The van der Waals surface area contributed by atoms with Crippen molar-refractivity contribution >= 4 is 11.8 Å². The molecule has 0 unspecified atom stereocenters. The molecule has 1 aromatic heterocycles. The van der Waals surface area contributed by atoms with Crippen molar-refractivity contribution in [3.8, 4) is 0 Å². The standard InChI is InChI=1S/C16H22N4O2/c1-12(21)20-10-3-5-14-16(20,2)7-4-9-19(14)15(22)13-6-8-17-11-18-13/h6,8,11,14H,3-5,7,9-10H2,1-2H3/t14-,16+/m1/s1. The normalized spacial score (nSPS) is 28.2. The number of carbonyl (C=O) groups excluding carboxylic acids is 2. The minimum absolute atomic E-state index is 0.0521. The number of hydrogen-bond donors (Lipinski definition) is 0. The van der Waals surface area contributed by atoms with Gasteiger partial charge in [0.25, 0.3) is 5.91 Å². The highest BCUT2D eigenvalue weighted by Gasteiger charge is 2.49. The molecule has 2 aliphatic heterocycles. The van der Waals surface area contributed by atoms with E-state index in [4.69, 9.17) is 0 Å². The maximum Gasteiger partial charge on any atom is 0.272 e. The molecule has 6 nitrogen and oxygen atoms in total. The lowest BCUT2D eigenvalue weighted by molar-refractivity contribution is -0.143. The topological polar surface area (TPSA) is 66.4 Å². The molecule has 2 saturated heterocycles. The van der Waals surface area contributed by atoms with Gasteiger partial charge in [-0.15, -0.1) is 0 Å². The third kappa shape index (κ3) is 2.36. The predicted molar refractivity (Wildman–Crippen MR) is 81.1 cm³/mol. The maximum absolute atomic E-state index is 12.8. The molecule has 0 saturated carbocycles. The van der Waals surface area contributed by atoms with E-state index in [2.05, 4.69) is 16.9 Å². The Balaban J connectivity index is 1.90. The third-order valence-corrected chi connectivity index (χ3v) is 5.09. The van der Waals surface area contributed by atoms with Crippen molar-refractivity contribution in [2.24, 2.45) is 0 Å². The van der Waals surface area contributed by atoms with Crippen LogP contribution in [0.3, 0.4) is 0 Å². The highest BCUT2D eigenvalue weighted by atomic mass is 16.2. The number of hydrogen-bond acceptors (Lipinski definition) is 4. The van der Waals surface area contributed by atoms with E-state index in [0.29, 0.717) is 5.69 Å². The van der Waals surface area contributed by atoms with E-state index in [9.17, 15) is 9.59 Å². The van der Waals surface area contributed by atoms with Crippen LogP contribution in [0.4, 0.5) is 0 Å². The first-order valence-corrected chi connectivity index (χ1v) is 7.89. The van der Waals surface area contributed by atoms with Crippen LogP contribution in [0, 0.1) is 0 Å². The van der Waals surface area contributed by atoms with Crippen LogP contribution < -0.4 is 0 Å². The van der Waals surface area contributed by atoms with Crippen LogP contribution in [0.15, 0.2) is 18.6 Å². The second-order valence-electron chi connectivity index (χ2n) is 6.38. The fourth-order valence-corrected chi connectivity index (χ4v) is 4.07. The van der Waals surface area contributed by atoms with Crippen molar-refractivity contribution in [1.82, 2.24) is 19.8 Å². The predicted octanol–water partition coefficient (Wildman–Crippen LogP) is 1.48. The average Bonchev–Trinajstić information content (AvgIpc) is 2.53. The molecule has 118 valence electrons. The zero-order valence-corrected chi connectivity index (χ0v) is 13.2. The molecule has 0 N–H and O–H groups in total. The smallest absolute Gasteiger partial charge is 0.272 e. The van der Waals surface area contributed by atoms with Gasteiger partial charge in [-0.2, -0.15) is 0 Å². The molecule has 6 heteroatoms. The van der Waals surface area contributed by atoms with Crippen LogP contribution in [0.1, 0.15) is 50.0 Å². The van der Waals surface area contributed by atoms with Crippen molar-refractivity contribution in [3.05, 3.63) is 24.3 Å². The molecule has 0 bridgehead atoms. The fourth-order valence-electron chi connectivity index (χ4n) is 4.07. The molecule has 2 aliphatic rings. The molecule has 0 spiro atoms. The first-order chi connectivity index (χ1) is 10.5. The molecule has 0 aromatic carbocycles. The third-order valence-electron chi connectivity index (χ3n) is 5.09. The Morgan fingerprint density at radius 3 is 2.82 bits per heavy atom. The lowest BCUT2D eigenvalue weighted by Gasteiger charge is -2.56. The maximum atomic E-state index is 12.8. The van der Waals surface area contributed by atoms with Gasteiger partial charge in [-0.1, -0.05) is 0 Å². The van der Waals surface area contributed by atoms with Gasteiger partial charge in [0.05, 0.1) is 11.6 Å². The summed E-state index contributed by atoms with van der Waals surface area (Å²) in [4.78, 5) is 36.6. The summed E-state index contributed by atoms with van der Waals surface area (Å²) in [5.74, 6) is 0.0484. The molecule has 0 radical (unpaired) electrons. The lowest BCUT2D eigenvalue weighted by Crippen LogP contribution is -2.68. The summed E-state index contributed by atoms with van der Waals surface area (Å²) in [6.45, 7) is 5.27. The number of aromatic nitrogens is 2. The zero-order chi connectivity index (χ0) is 15.7. The number of piperidine rings is 2. The summed E-state index contributed by atoms with van der Waals surface area (Å²) < 4.78 is 0. The van der Waals surface area contributed by atoms with Gasteiger partial charge < -0.3 is 9.80 Å². The van der Waals surface area contributed by atoms with Crippen LogP contribution in [0.2, 0.25) is 0 Å². The first-order valence-electron chi connectivity index (χ1n) is 7.89. The number of carbonyl (C=O) groups is 2. The molecular formula is C16H22N4O2. The summed E-state index contributed by atoms with van der Waals surface area (Å²) in [6.07, 6.45) is 6.73. The van der Waals surface area contributed by atoms with E-state index in [1.807, 2.05) is 9.80 Å². The van der Waals surface area contributed by atoms with Gasteiger partial charge in [0.1, 0.15) is 12.0 Å². The molecular weight excluding hydrogens is 280 g/mol. The van der Waals surface area contributed by atoms with E-state index < -0.39 is 0 Å². The zero-order valence-electron chi connectivity index (χ0n) is 13.2.